The third-order valence-electron chi connectivity index (χ3n) is 1.78. The van der Waals surface area contributed by atoms with Crippen LogP contribution < -0.4 is 5.32 Å². The summed E-state index contributed by atoms with van der Waals surface area (Å²) in [6.45, 7) is 0.493. The van der Waals surface area contributed by atoms with Gasteiger partial charge in [-0.05, 0) is 13.1 Å². The van der Waals surface area contributed by atoms with Crippen molar-refractivity contribution in [1.29, 1.82) is 0 Å². The van der Waals surface area contributed by atoms with Crippen molar-refractivity contribution in [2.24, 2.45) is 0 Å². The van der Waals surface area contributed by atoms with Crippen LogP contribution in [0.3, 0.4) is 0 Å². The van der Waals surface area contributed by atoms with E-state index in [1.165, 1.54) is 12.1 Å². The van der Waals surface area contributed by atoms with E-state index in [2.05, 4.69) is 10.3 Å². The van der Waals surface area contributed by atoms with Crippen LogP contribution in [0.15, 0.2) is 16.5 Å². The fourth-order valence-electron chi connectivity index (χ4n) is 1.23. The minimum absolute atomic E-state index is 0.245. The molecule has 0 aliphatic heterocycles. The molecule has 0 aliphatic rings. The van der Waals surface area contributed by atoms with Gasteiger partial charge in [0.05, 0.1) is 11.6 Å². The van der Waals surface area contributed by atoms with Gasteiger partial charge in [-0.2, -0.15) is 0 Å². The van der Waals surface area contributed by atoms with Crippen molar-refractivity contribution >= 4 is 22.7 Å². The molecule has 0 saturated carbocycles. The maximum Gasteiger partial charge on any atom is 0.209 e. The maximum absolute atomic E-state index is 12.9. The number of nitrogens with zero attached hydrogens (tertiary/aromatic N) is 1. The van der Waals surface area contributed by atoms with E-state index in [0.29, 0.717) is 23.5 Å². The predicted octanol–water partition coefficient (Wildman–Crippen LogP) is 2.34. The molecule has 1 heterocycles. The molecule has 1 aromatic heterocycles. The number of fused-ring (bicyclic) bond motifs is 1. The lowest BCUT2D eigenvalue weighted by molar-refractivity contribution is 0.511. The Labute approximate surface area is 84.9 Å². The fourth-order valence-corrected chi connectivity index (χ4v) is 1.47. The summed E-state index contributed by atoms with van der Waals surface area (Å²) in [4.78, 5) is 4.07. The zero-order chi connectivity index (χ0) is 10.1. The van der Waals surface area contributed by atoms with Crippen LogP contribution in [-0.4, -0.2) is 12.0 Å². The maximum atomic E-state index is 12.9. The normalized spacial score (nSPS) is 11.1. The van der Waals surface area contributed by atoms with Crippen LogP contribution in [0.4, 0.5) is 4.39 Å². The van der Waals surface area contributed by atoms with Crippen LogP contribution >= 0.6 is 11.6 Å². The zero-order valence-electron chi connectivity index (χ0n) is 7.47. The average molecular weight is 215 g/mol. The second kappa shape index (κ2) is 3.55. The van der Waals surface area contributed by atoms with Crippen molar-refractivity contribution < 1.29 is 8.81 Å². The van der Waals surface area contributed by atoms with Crippen molar-refractivity contribution in [2.75, 3.05) is 7.05 Å². The minimum atomic E-state index is -0.410. The quantitative estimate of drug-likeness (QED) is 0.834. The van der Waals surface area contributed by atoms with Gasteiger partial charge in [0.2, 0.25) is 5.89 Å². The van der Waals surface area contributed by atoms with Gasteiger partial charge in [0.1, 0.15) is 11.3 Å². The summed E-state index contributed by atoms with van der Waals surface area (Å²) in [5.74, 6) is 0.0850. The van der Waals surface area contributed by atoms with E-state index < -0.39 is 5.82 Å². The van der Waals surface area contributed by atoms with Gasteiger partial charge in [-0.15, -0.1) is 0 Å². The van der Waals surface area contributed by atoms with Gasteiger partial charge in [0.25, 0.3) is 0 Å². The van der Waals surface area contributed by atoms with Crippen LogP contribution in [0.25, 0.3) is 11.1 Å². The molecule has 0 amide bonds. The molecular formula is C9H8ClFN2O. The molecule has 0 atom stereocenters. The van der Waals surface area contributed by atoms with Crippen molar-refractivity contribution in [3.8, 4) is 0 Å². The molecule has 0 saturated heterocycles. The molecule has 3 nitrogen and oxygen atoms in total. The summed E-state index contributed by atoms with van der Waals surface area (Å²) >= 11 is 5.78. The zero-order valence-corrected chi connectivity index (χ0v) is 8.23. The molecule has 0 bridgehead atoms. The topological polar surface area (TPSA) is 38.1 Å². The number of hydrogen-bond donors (Lipinski definition) is 1. The van der Waals surface area contributed by atoms with Crippen LogP contribution in [0, 0.1) is 5.82 Å². The smallest absolute Gasteiger partial charge is 0.209 e. The fraction of sp³-hybridized carbons (Fsp3) is 0.222. The summed E-state index contributed by atoms with van der Waals surface area (Å²) in [5, 5.41) is 3.13. The van der Waals surface area contributed by atoms with Gasteiger partial charge in [0, 0.05) is 6.07 Å². The molecule has 0 fully saturated rings. The number of hydrogen-bond acceptors (Lipinski definition) is 3. The Morgan fingerprint density at radius 2 is 2.36 bits per heavy atom. The monoisotopic (exact) mass is 214 g/mol. The summed E-state index contributed by atoms with van der Waals surface area (Å²) in [7, 11) is 1.77. The molecule has 2 aromatic rings. The van der Waals surface area contributed by atoms with Crippen molar-refractivity contribution in [2.45, 2.75) is 6.54 Å². The number of halogens is 2. The van der Waals surface area contributed by atoms with Gasteiger partial charge in [0.15, 0.2) is 5.58 Å². The molecule has 1 N–H and O–H groups in total. The van der Waals surface area contributed by atoms with Gasteiger partial charge in [-0.1, -0.05) is 11.6 Å². The lowest BCUT2D eigenvalue weighted by Gasteiger charge is -1.91. The molecule has 0 spiro atoms. The molecule has 5 heteroatoms. The third-order valence-corrected chi connectivity index (χ3v) is 2.06. The van der Waals surface area contributed by atoms with E-state index >= 15 is 0 Å². The number of rotatable bonds is 2. The number of oxazole rings is 1. The Morgan fingerprint density at radius 3 is 3.07 bits per heavy atom. The molecule has 0 radical (unpaired) electrons. The summed E-state index contributed by atoms with van der Waals surface area (Å²) in [6.07, 6.45) is 0. The van der Waals surface area contributed by atoms with E-state index in [0.717, 1.165) is 0 Å². The highest BCUT2D eigenvalue weighted by atomic mass is 35.5. The SMILES string of the molecule is CNCc1nc2cc(F)cc(Cl)c2o1. The van der Waals surface area contributed by atoms with E-state index in [-0.39, 0.29) is 5.02 Å². The second-order valence-corrected chi connectivity index (χ2v) is 3.28. The van der Waals surface area contributed by atoms with Crippen LogP contribution in [0.5, 0.6) is 0 Å². The first-order valence-electron chi connectivity index (χ1n) is 4.10. The lowest BCUT2D eigenvalue weighted by Crippen LogP contribution is -2.04. The van der Waals surface area contributed by atoms with E-state index in [4.69, 9.17) is 16.0 Å². The van der Waals surface area contributed by atoms with E-state index in [9.17, 15) is 4.39 Å². The number of benzene rings is 1. The average Bonchev–Trinajstić information content (AvgIpc) is 2.48. The Kier molecular flexibility index (Phi) is 2.39. The Hall–Kier alpha value is -1.13. The Morgan fingerprint density at radius 1 is 1.57 bits per heavy atom. The number of nitrogens with one attached hydrogen (secondary N) is 1. The van der Waals surface area contributed by atoms with Crippen LogP contribution in [-0.2, 0) is 6.54 Å². The first-order chi connectivity index (χ1) is 6.70. The summed E-state index contributed by atoms with van der Waals surface area (Å²) in [6, 6.07) is 2.50. The summed E-state index contributed by atoms with van der Waals surface area (Å²) < 4.78 is 18.2. The standard InChI is InChI=1S/C9H8ClFN2O/c1-12-4-8-13-7-3-5(11)2-6(10)9(7)14-8/h2-3,12H,4H2,1H3. The number of aromatic nitrogens is 1. The molecule has 2 rings (SSSR count). The van der Waals surface area contributed by atoms with Crippen molar-refractivity contribution in [3.63, 3.8) is 0 Å². The summed E-state index contributed by atoms with van der Waals surface area (Å²) in [5.41, 5.74) is 0.874. The van der Waals surface area contributed by atoms with Crippen molar-refractivity contribution in [3.05, 3.63) is 28.9 Å². The third kappa shape index (κ3) is 1.58. The van der Waals surface area contributed by atoms with Gasteiger partial charge in [-0.3, -0.25) is 0 Å². The highest BCUT2D eigenvalue weighted by molar-refractivity contribution is 6.34. The van der Waals surface area contributed by atoms with E-state index in [1.807, 2.05) is 0 Å². The van der Waals surface area contributed by atoms with Gasteiger partial charge >= 0.3 is 0 Å². The molecule has 1 aromatic carbocycles. The predicted molar refractivity (Wildman–Crippen MR) is 51.7 cm³/mol. The Balaban J connectivity index is 2.58. The molecule has 0 aliphatic carbocycles. The minimum Gasteiger partial charge on any atom is -0.438 e. The highest BCUT2D eigenvalue weighted by Gasteiger charge is 2.10. The second-order valence-electron chi connectivity index (χ2n) is 2.87. The van der Waals surface area contributed by atoms with E-state index in [1.54, 1.807) is 7.05 Å². The molecule has 74 valence electrons. The van der Waals surface area contributed by atoms with Gasteiger partial charge < -0.3 is 9.73 Å². The van der Waals surface area contributed by atoms with Gasteiger partial charge in [-0.25, -0.2) is 9.37 Å². The molecule has 14 heavy (non-hydrogen) atoms. The molecule has 0 unspecified atom stereocenters. The van der Waals surface area contributed by atoms with Crippen LogP contribution in [0.1, 0.15) is 5.89 Å². The van der Waals surface area contributed by atoms with Crippen LogP contribution in [0.2, 0.25) is 5.02 Å². The largest absolute Gasteiger partial charge is 0.438 e. The van der Waals surface area contributed by atoms with Crippen molar-refractivity contribution in [1.82, 2.24) is 10.3 Å². The molecular weight excluding hydrogens is 207 g/mol. The Bertz CT molecular complexity index is 469. The lowest BCUT2D eigenvalue weighted by atomic mass is 10.3. The first kappa shape index (κ1) is 9.43. The first-order valence-corrected chi connectivity index (χ1v) is 4.47. The highest BCUT2D eigenvalue weighted by Crippen LogP contribution is 2.25.